The summed E-state index contributed by atoms with van der Waals surface area (Å²) < 4.78 is 4.72. The number of hydrogen-bond donors (Lipinski definition) is 2. The number of ether oxygens (including phenoxy) is 1. The van der Waals surface area contributed by atoms with Gasteiger partial charge < -0.3 is 15.7 Å². The van der Waals surface area contributed by atoms with Crippen LogP contribution < -0.4 is 5.84 Å². The second-order valence-corrected chi connectivity index (χ2v) is 4.62. The average molecular weight is 241 g/mol. The molecule has 0 radical (unpaired) electrons. The largest absolute Gasteiger partial charge is 0.469 e. The monoisotopic (exact) mass is 241 g/mol. The van der Waals surface area contributed by atoms with Gasteiger partial charge in [-0.3, -0.25) is 9.79 Å². The lowest BCUT2D eigenvalue weighted by Gasteiger charge is -2.40. The van der Waals surface area contributed by atoms with E-state index in [4.69, 9.17) is 10.6 Å². The number of aliphatic imine (C=N–C) groups is 1. The van der Waals surface area contributed by atoms with Gasteiger partial charge in [0, 0.05) is 6.21 Å². The zero-order valence-corrected chi connectivity index (χ0v) is 10.4. The van der Waals surface area contributed by atoms with Crippen LogP contribution in [0, 0.1) is 5.41 Å². The second kappa shape index (κ2) is 5.27. The molecule has 0 aromatic carbocycles. The SMILES string of the molecule is COC(=O)C1(C)CC(N=C/C(=N\N)[C@H](C)O)C1. The number of rotatable bonds is 4. The Bertz CT molecular complexity index is 344. The van der Waals surface area contributed by atoms with Crippen molar-refractivity contribution in [2.75, 3.05) is 7.11 Å². The third-order valence-corrected chi connectivity index (χ3v) is 3.05. The average Bonchev–Trinajstić information content (AvgIpc) is 2.25. The summed E-state index contributed by atoms with van der Waals surface area (Å²) in [5, 5.41) is 12.7. The number of carbonyl (C=O) groups is 1. The van der Waals surface area contributed by atoms with Gasteiger partial charge in [0.1, 0.15) is 5.71 Å². The van der Waals surface area contributed by atoms with Crippen molar-refractivity contribution >= 4 is 17.9 Å². The molecule has 17 heavy (non-hydrogen) atoms. The molecular weight excluding hydrogens is 222 g/mol. The summed E-state index contributed by atoms with van der Waals surface area (Å²) in [6.45, 7) is 3.43. The Kier molecular flexibility index (Phi) is 4.22. The Morgan fingerprint density at radius 3 is 2.65 bits per heavy atom. The highest BCUT2D eigenvalue weighted by atomic mass is 16.5. The van der Waals surface area contributed by atoms with Crippen LogP contribution in [0.5, 0.6) is 0 Å². The van der Waals surface area contributed by atoms with Crippen LogP contribution in [-0.4, -0.2) is 42.3 Å². The van der Waals surface area contributed by atoms with Crippen molar-refractivity contribution in [2.24, 2.45) is 21.4 Å². The molecular formula is C11H19N3O3. The number of aliphatic hydroxyl groups is 1. The highest BCUT2D eigenvalue weighted by Gasteiger charge is 2.47. The van der Waals surface area contributed by atoms with Crippen LogP contribution in [0.25, 0.3) is 0 Å². The number of nitrogens with two attached hydrogens (primary N) is 1. The number of methoxy groups -OCH3 is 1. The van der Waals surface area contributed by atoms with E-state index in [0.29, 0.717) is 18.6 Å². The van der Waals surface area contributed by atoms with Crippen LogP contribution in [0.1, 0.15) is 26.7 Å². The minimum absolute atomic E-state index is 0.0644. The molecule has 0 aromatic heterocycles. The molecule has 3 N–H and O–H groups in total. The van der Waals surface area contributed by atoms with Crippen LogP contribution in [-0.2, 0) is 9.53 Å². The van der Waals surface area contributed by atoms with E-state index in [1.165, 1.54) is 13.3 Å². The summed E-state index contributed by atoms with van der Waals surface area (Å²) in [4.78, 5) is 15.6. The fourth-order valence-corrected chi connectivity index (χ4v) is 1.93. The number of hydrazone groups is 1. The first-order valence-corrected chi connectivity index (χ1v) is 5.50. The standard InChI is InChI=1S/C11H19N3O3/c1-7(15)9(14-12)6-13-8-4-11(2,5-8)10(16)17-3/h6-8,15H,4-5,12H2,1-3H3/b13-6?,14-9+/t7-,8?,11?/m0/s1. The first kappa shape index (κ1) is 13.6. The molecule has 6 heteroatoms. The van der Waals surface area contributed by atoms with Gasteiger partial charge in [0.2, 0.25) is 0 Å². The van der Waals surface area contributed by atoms with Crippen molar-refractivity contribution in [1.29, 1.82) is 0 Å². The van der Waals surface area contributed by atoms with Gasteiger partial charge in [0.15, 0.2) is 0 Å². The lowest BCUT2D eigenvalue weighted by molar-refractivity contribution is -0.157. The highest BCUT2D eigenvalue weighted by Crippen LogP contribution is 2.43. The van der Waals surface area contributed by atoms with Crippen LogP contribution >= 0.6 is 0 Å². The number of nitrogens with zero attached hydrogens (tertiary/aromatic N) is 2. The van der Waals surface area contributed by atoms with E-state index in [-0.39, 0.29) is 12.0 Å². The van der Waals surface area contributed by atoms with Crippen molar-refractivity contribution in [1.82, 2.24) is 0 Å². The molecule has 1 aliphatic carbocycles. The van der Waals surface area contributed by atoms with Crippen LogP contribution in [0.2, 0.25) is 0 Å². The van der Waals surface area contributed by atoms with Gasteiger partial charge in [-0.2, -0.15) is 5.10 Å². The van der Waals surface area contributed by atoms with Crippen molar-refractivity contribution in [2.45, 2.75) is 38.8 Å². The lowest BCUT2D eigenvalue weighted by Crippen LogP contribution is -2.44. The molecule has 0 aromatic rings. The van der Waals surface area contributed by atoms with E-state index in [2.05, 4.69) is 10.1 Å². The highest BCUT2D eigenvalue weighted by molar-refractivity contribution is 6.32. The van der Waals surface area contributed by atoms with Crippen molar-refractivity contribution in [3.63, 3.8) is 0 Å². The molecule has 0 saturated heterocycles. The van der Waals surface area contributed by atoms with Crippen molar-refractivity contribution in [3.8, 4) is 0 Å². The predicted molar refractivity (Wildman–Crippen MR) is 64.9 cm³/mol. The summed E-state index contributed by atoms with van der Waals surface area (Å²) in [6.07, 6.45) is 2.02. The van der Waals surface area contributed by atoms with E-state index in [1.54, 1.807) is 6.92 Å². The van der Waals surface area contributed by atoms with E-state index in [1.807, 2.05) is 6.92 Å². The third kappa shape index (κ3) is 3.03. The number of carbonyl (C=O) groups excluding carboxylic acids is 1. The van der Waals surface area contributed by atoms with Crippen molar-refractivity contribution in [3.05, 3.63) is 0 Å². The zero-order chi connectivity index (χ0) is 13.1. The topological polar surface area (TPSA) is 97.3 Å². The summed E-state index contributed by atoms with van der Waals surface area (Å²) in [7, 11) is 1.39. The summed E-state index contributed by atoms with van der Waals surface area (Å²) in [6, 6.07) is 0.0644. The van der Waals surface area contributed by atoms with Gasteiger partial charge in [-0.1, -0.05) is 0 Å². The molecule has 0 bridgehead atoms. The minimum Gasteiger partial charge on any atom is -0.469 e. The number of hydrogen-bond acceptors (Lipinski definition) is 6. The molecule has 0 spiro atoms. The molecule has 1 atom stereocenters. The molecule has 0 aliphatic heterocycles. The first-order valence-electron chi connectivity index (χ1n) is 5.50. The molecule has 1 saturated carbocycles. The van der Waals surface area contributed by atoms with Crippen LogP contribution in [0.4, 0.5) is 0 Å². The maximum absolute atomic E-state index is 11.4. The quantitative estimate of drug-likeness (QED) is 0.315. The molecule has 1 fully saturated rings. The van der Waals surface area contributed by atoms with Gasteiger partial charge in [-0.15, -0.1) is 0 Å². The van der Waals surface area contributed by atoms with Gasteiger partial charge in [-0.25, -0.2) is 0 Å². The van der Waals surface area contributed by atoms with E-state index >= 15 is 0 Å². The maximum atomic E-state index is 11.4. The predicted octanol–water partition coefficient (Wildman–Crippen LogP) is 0.0944. The molecule has 96 valence electrons. The summed E-state index contributed by atoms with van der Waals surface area (Å²) in [5.74, 6) is 4.90. The number of aliphatic hydroxyl groups excluding tert-OH is 1. The molecule has 1 aliphatic rings. The lowest BCUT2D eigenvalue weighted by atomic mass is 9.67. The smallest absolute Gasteiger partial charge is 0.311 e. The summed E-state index contributed by atoms with van der Waals surface area (Å²) in [5.41, 5.74) is -0.0987. The summed E-state index contributed by atoms with van der Waals surface area (Å²) >= 11 is 0. The van der Waals surface area contributed by atoms with Gasteiger partial charge >= 0.3 is 5.97 Å². The fourth-order valence-electron chi connectivity index (χ4n) is 1.93. The van der Waals surface area contributed by atoms with Gasteiger partial charge in [0.25, 0.3) is 0 Å². The Morgan fingerprint density at radius 1 is 1.65 bits per heavy atom. The van der Waals surface area contributed by atoms with Crippen LogP contribution in [0.3, 0.4) is 0 Å². The Labute approximate surface area is 101 Å². The van der Waals surface area contributed by atoms with E-state index < -0.39 is 11.5 Å². The fraction of sp³-hybridized carbons (Fsp3) is 0.727. The first-order chi connectivity index (χ1) is 7.92. The maximum Gasteiger partial charge on any atom is 0.311 e. The normalized spacial score (nSPS) is 31.1. The Balaban J connectivity index is 2.49. The molecule has 0 heterocycles. The molecule has 0 amide bonds. The second-order valence-electron chi connectivity index (χ2n) is 4.62. The Morgan fingerprint density at radius 2 is 2.24 bits per heavy atom. The minimum atomic E-state index is -0.740. The van der Waals surface area contributed by atoms with Gasteiger partial charge in [0.05, 0.1) is 24.7 Å². The third-order valence-electron chi connectivity index (χ3n) is 3.05. The Hall–Kier alpha value is -1.43. The van der Waals surface area contributed by atoms with Crippen LogP contribution in [0.15, 0.2) is 10.1 Å². The molecule has 6 nitrogen and oxygen atoms in total. The zero-order valence-electron chi connectivity index (χ0n) is 10.4. The van der Waals surface area contributed by atoms with Gasteiger partial charge in [-0.05, 0) is 26.7 Å². The molecule has 0 unspecified atom stereocenters. The van der Waals surface area contributed by atoms with E-state index in [0.717, 1.165) is 0 Å². The van der Waals surface area contributed by atoms with Crippen molar-refractivity contribution < 1.29 is 14.6 Å². The van der Waals surface area contributed by atoms with E-state index in [9.17, 15) is 9.90 Å². The number of esters is 1. The molecule has 1 rings (SSSR count).